The van der Waals surface area contributed by atoms with Gasteiger partial charge in [-0.05, 0) is 44.0 Å². The number of aromatic nitrogens is 2. The molecule has 0 aromatic carbocycles. The van der Waals surface area contributed by atoms with Crippen molar-refractivity contribution in [2.24, 2.45) is 0 Å². The second-order valence-electron chi connectivity index (χ2n) is 4.82. The maximum absolute atomic E-state index is 12.4. The van der Waals surface area contributed by atoms with Crippen molar-refractivity contribution < 1.29 is 4.79 Å². The molecule has 0 saturated carbocycles. The highest BCUT2D eigenvalue weighted by Gasteiger charge is 2.10. The molecule has 2 heterocycles. The van der Waals surface area contributed by atoms with E-state index in [4.69, 9.17) is 0 Å². The minimum atomic E-state index is -0.154. The summed E-state index contributed by atoms with van der Waals surface area (Å²) in [6.45, 7) is 6.72. The molecule has 110 valence electrons. The number of pyridine rings is 2. The van der Waals surface area contributed by atoms with Crippen molar-refractivity contribution in [1.29, 1.82) is 0 Å². The zero-order chi connectivity index (χ0) is 15.2. The first-order valence-corrected chi connectivity index (χ1v) is 7.10. The standard InChI is InChI=1S/C16H20N4O/c1-4-13-7-12(8-15(19-13)18-5-2)16(21)20-14-6-11(3)9-17-10-14/h6-10H,4-5H2,1-3H3,(H,18,19)(H,20,21). The van der Waals surface area contributed by atoms with Crippen molar-refractivity contribution in [3.05, 3.63) is 47.4 Å². The quantitative estimate of drug-likeness (QED) is 0.885. The van der Waals surface area contributed by atoms with Gasteiger partial charge in [0.05, 0.1) is 11.9 Å². The molecule has 2 aromatic rings. The van der Waals surface area contributed by atoms with Crippen LogP contribution in [0.4, 0.5) is 11.5 Å². The van der Waals surface area contributed by atoms with Crippen molar-refractivity contribution in [3.63, 3.8) is 0 Å². The number of aryl methyl sites for hydroxylation is 2. The first-order chi connectivity index (χ1) is 10.1. The minimum Gasteiger partial charge on any atom is -0.370 e. The molecule has 0 unspecified atom stereocenters. The van der Waals surface area contributed by atoms with E-state index in [2.05, 4.69) is 20.6 Å². The van der Waals surface area contributed by atoms with Gasteiger partial charge in [-0.25, -0.2) is 4.98 Å². The zero-order valence-electron chi connectivity index (χ0n) is 12.6. The molecule has 0 radical (unpaired) electrons. The Labute approximate surface area is 124 Å². The molecule has 2 aromatic heterocycles. The number of carbonyl (C=O) groups is 1. The number of carbonyl (C=O) groups excluding carboxylic acids is 1. The van der Waals surface area contributed by atoms with Gasteiger partial charge in [0.2, 0.25) is 0 Å². The summed E-state index contributed by atoms with van der Waals surface area (Å²) in [5.41, 5.74) is 3.19. The lowest BCUT2D eigenvalue weighted by atomic mass is 10.1. The van der Waals surface area contributed by atoms with E-state index in [1.807, 2.05) is 32.9 Å². The topological polar surface area (TPSA) is 66.9 Å². The van der Waals surface area contributed by atoms with Crippen LogP contribution in [0.5, 0.6) is 0 Å². The Balaban J connectivity index is 2.23. The Morgan fingerprint density at radius 3 is 2.67 bits per heavy atom. The van der Waals surface area contributed by atoms with Crippen molar-refractivity contribution in [2.75, 3.05) is 17.2 Å². The molecule has 0 aliphatic rings. The fraction of sp³-hybridized carbons (Fsp3) is 0.312. The number of hydrogen-bond acceptors (Lipinski definition) is 4. The molecule has 0 atom stereocenters. The Hall–Kier alpha value is -2.43. The maximum Gasteiger partial charge on any atom is 0.255 e. The fourth-order valence-corrected chi connectivity index (χ4v) is 2.00. The number of hydrogen-bond donors (Lipinski definition) is 2. The molecule has 21 heavy (non-hydrogen) atoms. The molecule has 0 spiro atoms. The predicted octanol–water partition coefficient (Wildman–Crippen LogP) is 3.03. The van der Waals surface area contributed by atoms with Gasteiger partial charge in [-0.15, -0.1) is 0 Å². The van der Waals surface area contributed by atoms with E-state index in [1.54, 1.807) is 18.5 Å². The first kappa shape index (κ1) is 15.0. The van der Waals surface area contributed by atoms with Gasteiger partial charge in [0, 0.05) is 24.0 Å². The predicted molar refractivity (Wildman–Crippen MR) is 84.7 cm³/mol. The molecule has 0 bridgehead atoms. The number of nitrogens with one attached hydrogen (secondary N) is 2. The van der Waals surface area contributed by atoms with E-state index in [0.29, 0.717) is 11.3 Å². The molecule has 0 saturated heterocycles. The van der Waals surface area contributed by atoms with E-state index < -0.39 is 0 Å². The lowest BCUT2D eigenvalue weighted by Crippen LogP contribution is -2.14. The van der Waals surface area contributed by atoms with Crippen molar-refractivity contribution >= 4 is 17.4 Å². The normalized spacial score (nSPS) is 10.2. The third kappa shape index (κ3) is 4.02. The molecule has 5 heteroatoms. The van der Waals surface area contributed by atoms with Crippen LogP contribution < -0.4 is 10.6 Å². The van der Waals surface area contributed by atoms with E-state index in [0.717, 1.165) is 30.0 Å². The second-order valence-corrected chi connectivity index (χ2v) is 4.82. The molecule has 0 fully saturated rings. The average Bonchev–Trinajstić information content (AvgIpc) is 2.47. The third-order valence-electron chi connectivity index (χ3n) is 2.99. The monoisotopic (exact) mass is 284 g/mol. The number of nitrogens with zero attached hydrogens (tertiary/aromatic N) is 2. The summed E-state index contributed by atoms with van der Waals surface area (Å²) in [4.78, 5) is 20.9. The van der Waals surface area contributed by atoms with E-state index in [9.17, 15) is 4.79 Å². The SMILES string of the molecule is CCNc1cc(C(=O)Nc2cncc(C)c2)cc(CC)n1. The molecular formula is C16H20N4O. The van der Waals surface area contributed by atoms with Crippen LogP contribution in [0.2, 0.25) is 0 Å². The summed E-state index contributed by atoms with van der Waals surface area (Å²) in [7, 11) is 0. The van der Waals surface area contributed by atoms with Crippen molar-refractivity contribution in [1.82, 2.24) is 9.97 Å². The van der Waals surface area contributed by atoms with E-state index >= 15 is 0 Å². The van der Waals surface area contributed by atoms with Crippen LogP contribution in [0, 0.1) is 6.92 Å². The summed E-state index contributed by atoms with van der Waals surface area (Å²) in [6.07, 6.45) is 4.17. The van der Waals surface area contributed by atoms with Gasteiger partial charge in [0.1, 0.15) is 5.82 Å². The number of anilines is 2. The molecule has 2 N–H and O–H groups in total. The fourth-order valence-electron chi connectivity index (χ4n) is 2.00. The van der Waals surface area contributed by atoms with Crippen LogP contribution in [0.3, 0.4) is 0 Å². The Morgan fingerprint density at radius 2 is 2.00 bits per heavy atom. The van der Waals surface area contributed by atoms with Crippen LogP contribution in [-0.2, 0) is 6.42 Å². The van der Waals surface area contributed by atoms with Crippen molar-refractivity contribution in [3.8, 4) is 0 Å². The van der Waals surface area contributed by atoms with E-state index in [-0.39, 0.29) is 5.91 Å². The largest absolute Gasteiger partial charge is 0.370 e. The molecule has 1 amide bonds. The lowest BCUT2D eigenvalue weighted by molar-refractivity contribution is 0.102. The van der Waals surface area contributed by atoms with Gasteiger partial charge < -0.3 is 10.6 Å². The van der Waals surface area contributed by atoms with Crippen molar-refractivity contribution in [2.45, 2.75) is 27.2 Å². The minimum absolute atomic E-state index is 0.154. The third-order valence-corrected chi connectivity index (χ3v) is 2.99. The molecule has 5 nitrogen and oxygen atoms in total. The Morgan fingerprint density at radius 1 is 1.19 bits per heavy atom. The van der Waals surface area contributed by atoms with Crippen LogP contribution in [0.1, 0.15) is 35.5 Å². The number of amides is 1. The zero-order valence-corrected chi connectivity index (χ0v) is 12.6. The highest BCUT2D eigenvalue weighted by atomic mass is 16.1. The molecular weight excluding hydrogens is 264 g/mol. The van der Waals surface area contributed by atoms with Gasteiger partial charge in [-0.1, -0.05) is 6.92 Å². The summed E-state index contributed by atoms with van der Waals surface area (Å²) < 4.78 is 0. The highest BCUT2D eigenvalue weighted by molar-refractivity contribution is 6.04. The van der Waals surface area contributed by atoms with Crippen LogP contribution in [0.15, 0.2) is 30.6 Å². The molecule has 0 aliphatic heterocycles. The summed E-state index contributed by atoms with van der Waals surface area (Å²) in [5.74, 6) is 0.572. The average molecular weight is 284 g/mol. The first-order valence-electron chi connectivity index (χ1n) is 7.10. The van der Waals surface area contributed by atoms with E-state index in [1.165, 1.54) is 0 Å². The van der Waals surface area contributed by atoms with Crippen LogP contribution >= 0.6 is 0 Å². The highest BCUT2D eigenvalue weighted by Crippen LogP contribution is 2.14. The van der Waals surface area contributed by atoms with Gasteiger partial charge in [-0.2, -0.15) is 0 Å². The smallest absolute Gasteiger partial charge is 0.255 e. The summed E-state index contributed by atoms with van der Waals surface area (Å²) in [6, 6.07) is 5.47. The van der Waals surface area contributed by atoms with Gasteiger partial charge in [0.25, 0.3) is 5.91 Å². The maximum atomic E-state index is 12.4. The Kier molecular flexibility index (Phi) is 4.87. The summed E-state index contributed by atoms with van der Waals surface area (Å²) in [5, 5.41) is 6.01. The van der Waals surface area contributed by atoms with Crippen LogP contribution in [0.25, 0.3) is 0 Å². The Bertz CT molecular complexity index is 640. The number of rotatable bonds is 5. The van der Waals surface area contributed by atoms with Gasteiger partial charge in [-0.3, -0.25) is 9.78 Å². The molecule has 0 aliphatic carbocycles. The second kappa shape index (κ2) is 6.83. The van der Waals surface area contributed by atoms with Gasteiger partial charge in [0.15, 0.2) is 0 Å². The lowest BCUT2D eigenvalue weighted by Gasteiger charge is -2.10. The van der Waals surface area contributed by atoms with Gasteiger partial charge >= 0.3 is 0 Å². The summed E-state index contributed by atoms with van der Waals surface area (Å²) >= 11 is 0. The van der Waals surface area contributed by atoms with Crippen LogP contribution in [-0.4, -0.2) is 22.4 Å². The molecule has 2 rings (SSSR count).